The van der Waals surface area contributed by atoms with Gasteiger partial charge in [-0.2, -0.15) is 0 Å². The van der Waals surface area contributed by atoms with Crippen molar-refractivity contribution in [2.24, 2.45) is 0 Å². The number of carbonyl (C=O) groups excluding carboxylic acids is 3. The molecule has 0 bridgehead atoms. The Hall–Kier alpha value is -2.80. The molecule has 6 nitrogen and oxygen atoms in total. The molecular weight excluding hydrogens is 448 g/mol. The summed E-state index contributed by atoms with van der Waals surface area (Å²) in [7, 11) is 0. The first-order valence-electron chi connectivity index (χ1n) is 12.2. The van der Waals surface area contributed by atoms with Crippen LogP contribution in [0.15, 0.2) is 53.4 Å². The monoisotopic (exact) mass is 480 g/mol. The number of hydrogen-bond acceptors (Lipinski definition) is 5. The van der Waals surface area contributed by atoms with Crippen LogP contribution >= 0.6 is 11.8 Å². The van der Waals surface area contributed by atoms with E-state index >= 15 is 0 Å². The van der Waals surface area contributed by atoms with Gasteiger partial charge in [0.05, 0.1) is 11.3 Å². The van der Waals surface area contributed by atoms with E-state index in [0.29, 0.717) is 17.0 Å². The van der Waals surface area contributed by atoms with E-state index in [-0.39, 0.29) is 30.2 Å². The largest absolute Gasteiger partial charge is 0.452 e. The van der Waals surface area contributed by atoms with Gasteiger partial charge in [0.25, 0.3) is 5.91 Å². The van der Waals surface area contributed by atoms with Gasteiger partial charge in [-0.1, -0.05) is 62.4 Å². The fourth-order valence-electron chi connectivity index (χ4n) is 4.65. The van der Waals surface area contributed by atoms with Crippen LogP contribution < -0.4 is 10.2 Å². The summed E-state index contributed by atoms with van der Waals surface area (Å²) < 4.78 is 5.37. The highest BCUT2D eigenvalue weighted by Crippen LogP contribution is 2.28. The summed E-state index contributed by atoms with van der Waals surface area (Å²) in [5.41, 5.74) is 2.39. The Bertz CT molecular complexity index is 1020. The number of ether oxygens (including phenoxy) is 1. The van der Waals surface area contributed by atoms with E-state index in [1.165, 1.54) is 31.0 Å². The highest BCUT2D eigenvalue weighted by atomic mass is 32.2. The Morgan fingerprint density at radius 2 is 1.65 bits per heavy atom. The molecule has 0 unspecified atom stereocenters. The summed E-state index contributed by atoms with van der Waals surface area (Å²) in [6.45, 7) is 0.284. The number of nitrogens with zero attached hydrogens (tertiary/aromatic N) is 1. The number of hydrogen-bond donors (Lipinski definition) is 1. The summed E-state index contributed by atoms with van der Waals surface area (Å²) in [5.74, 6) is -0.558. The SMILES string of the molecule is O=C(CSc1ccccc1C(=O)OCC(=O)N1CCc2ccccc21)NC1CCCCCCC1. The van der Waals surface area contributed by atoms with E-state index in [1.54, 1.807) is 17.0 Å². The number of nitrogens with one attached hydrogen (secondary N) is 1. The molecule has 7 heteroatoms. The second-order valence-electron chi connectivity index (χ2n) is 8.89. The number of benzene rings is 2. The number of esters is 1. The summed E-state index contributed by atoms with van der Waals surface area (Å²) >= 11 is 1.32. The lowest BCUT2D eigenvalue weighted by Crippen LogP contribution is -2.36. The number of anilines is 1. The number of thioether (sulfide) groups is 1. The van der Waals surface area contributed by atoms with Gasteiger partial charge in [0.1, 0.15) is 0 Å². The number of rotatable bonds is 7. The van der Waals surface area contributed by atoms with Gasteiger partial charge < -0.3 is 15.0 Å². The fraction of sp³-hybridized carbons (Fsp3) is 0.444. The maximum Gasteiger partial charge on any atom is 0.339 e. The van der Waals surface area contributed by atoms with Crippen LogP contribution in [-0.2, 0) is 20.7 Å². The molecule has 0 aromatic heterocycles. The van der Waals surface area contributed by atoms with E-state index in [9.17, 15) is 14.4 Å². The smallest absolute Gasteiger partial charge is 0.339 e. The molecule has 1 N–H and O–H groups in total. The van der Waals surface area contributed by atoms with Crippen molar-refractivity contribution in [2.75, 3.05) is 23.8 Å². The summed E-state index contributed by atoms with van der Waals surface area (Å²) in [6, 6.07) is 15.1. The molecule has 0 saturated heterocycles. The van der Waals surface area contributed by atoms with Crippen LogP contribution in [-0.4, -0.2) is 42.7 Å². The first-order valence-corrected chi connectivity index (χ1v) is 13.2. The molecule has 0 spiro atoms. The predicted octanol–water partition coefficient (Wildman–Crippen LogP) is 4.75. The van der Waals surface area contributed by atoms with E-state index in [4.69, 9.17) is 4.74 Å². The number of amides is 2. The Kier molecular flexibility index (Phi) is 8.63. The Morgan fingerprint density at radius 3 is 2.47 bits per heavy atom. The van der Waals surface area contributed by atoms with Gasteiger partial charge in [-0.3, -0.25) is 9.59 Å². The third-order valence-corrected chi connectivity index (χ3v) is 7.52. The van der Waals surface area contributed by atoms with Crippen LogP contribution in [0.5, 0.6) is 0 Å². The Balaban J connectivity index is 1.29. The Labute approximate surface area is 205 Å². The minimum Gasteiger partial charge on any atom is -0.452 e. The zero-order chi connectivity index (χ0) is 23.8. The van der Waals surface area contributed by atoms with Crippen LogP contribution in [0.1, 0.15) is 60.9 Å². The molecule has 1 fully saturated rings. The molecular formula is C27H32N2O4S. The number of carbonyl (C=O) groups is 3. The van der Waals surface area contributed by atoms with E-state index in [0.717, 1.165) is 43.4 Å². The third-order valence-electron chi connectivity index (χ3n) is 6.45. The molecule has 2 aliphatic rings. The lowest BCUT2D eigenvalue weighted by Gasteiger charge is -2.21. The second kappa shape index (κ2) is 12.1. The average Bonchev–Trinajstić information content (AvgIpc) is 3.27. The highest BCUT2D eigenvalue weighted by molar-refractivity contribution is 8.00. The molecule has 0 radical (unpaired) electrons. The van der Waals surface area contributed by atoms with Gasteiger partial charge in [-0.25, -0.2) is 4.79 Å². The van der Waals surface area contributed by atoms with Gasteiger partial charge in [-0.05, 0) is 43.0 Å². The van der Waals surface area contributed by atoms with Gasteiger partial charge in [0.2, 0.25) is 5.91 Å². The summed E-state index contributed by atoms with van der Waals surface area (Å²) in [6.07, 6.45) is 8.97. The molecule has 180 valence electrons. The summed E-state index contributed by atoms with van der Waals surface area (Å²) in [4.78, 5) is 40.3. The third kappa shape index (κ3) is 6.41. The molecule has 2 amide bonds. The normalized spacial score (nSPS) is 16.3. The first kappa shape index (κ1) is 24.3. The van der Waals surface area contributed by atoms with Gasteiger partial charge in [0, 0.05) is 23.2 Å². The molecule has 0 atom stereocenters. The standard InChI is InChI=1S/C27H32N2O4S/c30-25(28-21-11-4-2-1-3-5-12-21)19-34-24-15-9-7-13-22(24)27(32)33-18-26(31)29-17-16-20-10-6-8-14-23(20)29/h6-10,13-15,21H,1-5,11-12,16-19H2,(H,28,30). The maximum atomic E-state index is 12.8. The van der Waals surface area contributed by atoms with Crippen molar-refractivity contribution in [1.29, 1.82) is 0 Å². The molecule has 34 heavy (non-hydrogen) atoms. The van der Waals surface area contributed by atoms with E-state index in [2.05, 4.69) is 5.32 Å². The quantitative estimate of drug-likeness (QED) is 0.457. The van der Waals surface area contributed by atoms with Crippen molar-refractivity contribution in [3.8, 4) is 0 Å². The van der Waals surface area contributed by atoms with Crippen LogP contribution in [0, 0.1) is 0 Å². The topological polar surface area (TPSA) is 75.7 Å². The summed E-state index contributed by atoms with van der Waals surface area (Å²) in [5, 5.41) is 3.16. The minimum atomic E-state index is -0.552. The highest BCUT2D eigenvalue weighted by Gasteiger charge is 2.25. The molecule has 1 heterocycles. The van der Waals surface area contributed by atoms with Crippen molar-refractivity contribution in [3.63, 3.8) is 0 Å². The van der Waals surface area contributed by atoms with Crippen LogP contribution in [0.25, 0.3) is 0 Å². The first-order chi connectivity index (χ1) is 16.6. The molecule has 2 aromatic rings. The van der Waals surface area contributed by atoms with Crippen molar-refractivity contribution in [2.45, 2.75) is 62.3 Å². The van der Waals surface area contributed by atoms with Crippen molar-refractivity contribution < 1.29 is 19.1 Å². The minimum absolute atomic E-state index is 0.0124. The average molecular weight is 481 g/mol. The van der Waals surface area contributed by atoms with Crippen LogP contribution in [0.4, 0.5) is 5.69 Å². The zero-order valence-electron chi connectivity index (χ0n) is 19.5. The molecule has 1 aliphatic carbocycles. The molecule has 2 aromatic carbocycles. The lowest BCUT2D eigenvalue weighted by atomic mass is 9.97. The van der Waals surface area contributed by atoms with Crippen LogP contribution in [0.3, 0.4) is 0 Å². The van der Waals surface area contributed by atoms with Gasteiger partial charge in [-0.15, -0.1) is 11.8 Å². The van der Waals surface area contributed by atoms with Crippen molar-refractivity contribution in [3.05, 3.63) is 59.7 Å². The number of fused-ring (bicyclic) bond motifs is 1. The second-order valence-corrected chi connectivity index (χ2v) is 9.91. The molecule has 4 rings (SSSR count). The lowest BCUT2D eigenvalue weighted by molar-refractivity contribution is -0.121. The van der Waals surface area contributed by atoms with Crippen molar-refractivity contribution >= 4 is 35.2 Å². The van der Waals surface area contributed by atoms with E-state index < -0.39 is 5.97 Å². The van der Waals surface area contributed by atoms with Gasteiger partial charge in [0.15, 0.2) is 6.61 Å². The van der Waals surface area contributed by atoms with E-state index in [1.807, 2.05) is 36.4 Å². The van der Waals surface area contributed by atoms with Gasteiger partial charge >= 0.3 is 5.97 Å². The molecule has 1 aliphatic heterocycles. The molecule has 1 saturated carbocycles. The Morgan fingerprint density at radius 1 is 0.941 bits per heavy atom. The zero-order valence-corrected chi connectivity index (χ0v) is 20.3. The predicted molar refractivity (Wildman–Crippen MR) is 134 cm³/mol. The van der Waals surface area contributed by atoms with Crippen molar-refractivity contribution in [1.82, 2.24) is 5.32 Å². The maximum absolute atomic E-state index is 12.8. The number of para-hydroxylation sites is 1. The van der Waals surface area contributed by atoms with Crippen LogP contribution in [0.2, 0.25) is 0 Å². The fourth-order valence-corrected chi connectivity index (χ4v) is 5.51.